The number of nitrogens with one attached hydrogen (secondary N) is 1. The number of halogens is 2. The van der Waals surface area contributed by atoms with E-state index in [0.29, 0.717) is 53.1 Å². The molecular formula is C26H32Cl2N4O4. The highest BCUT2D eigenvalue weighted by Crippen LogP contribution is 2.37. The lowest BCUT2D eigenvalue weighted by Crippen LogP contribution is -2.56. The highest BCUT2D eigenvalue weighted by atomic mass is 35.5. The van der Waals surface area contributed by atoms with E-state index in [-0.39, 0.29) is 37.0 Å². The van der Waals surface area contributed by atoms with Crippen molar-refractivity contribution in [1.29, 1.82) is 0 Å². The molecule has 36 heavy (non-hydrogen) atoms. The Morgan fingerprint density at radius 3 is 2.61 bits per heavy atom. The lowest BCUT2D eigenvalue weighted by atomic mass is 9.93. The topological polar surface area (TPSA) is 82.2 Å². The van der Waals surface area contributed by atoms with Gasteiger partial charge in [0.15, 0.2) is 0 Å². The Bertz CT molecular complexity index is 1090. The van der Waals surface area contributed by atoms with Crippen molar-refractivity contribution in [3.8, 4) is 0 Å². The summed E-state index contributed by atoms with van der Waals surface area (Å²) in [5.74, 6) is -0.114. The minimum Gasteiger partial charge on any atom is -0.463 e. The fourth-order valence-electron chi connectivity index (χ4n) is 4.89. The van der Waals surface area contributed by atoms with Crippen LogP contribution in [-0.4, -0.2) is 78.0 Å². The molecule has 2 heterocycles. The van der Waals surface area contributed by atoms with Crippen LogP contribution in [0.2, 0.25) is 10.0 Å². The summed E-state index contributed by atoms with van der Waals surface area (Å²) in [4.78, 5) is 44.9. The molecule has 1 aromatic rings. The molecule has 194 valence electrons. The molecule has 2 fully saturated rings. The van der Waals surface area contributed by atoms with Gasteiger partial charge in [-0.1, -0.05) is 35.3 Å². The summed E-state index contributed by atoms with van der Waals surface area (Å²) < 4.78 is 5.44. The van der Waals surface area contributed by atoms with E-state index in [2.05, 4.69) is 16.8 Å². The minimum absolute atomic E-state index is 0.0327. The Morgan fingerprint density at radius 1 is 1.25 bits per heavy atom. The molecule has 1 saturated heterocycles. The van der Waals surface area contributed by atoms with Crippen molar-refractivity contribution in [3.05, 3.63) is 57.7 Å². The average Bonchev–Trinajstić information content (AvgIpc) is 3.67. The molecule has 0 bridgehead atoms. The van der Waals surface area contributed by atoms with E-state index in [4.69, 9.17) is 27.9 Å². The largest absolute Gasteiger partial charge is 0.463 e. The van der Waals surface area contributed by atoms with Gasteiger partial charge in [0.1, 0.15) is 0 Å². The second kappa shape index (κ2) is 11.2. The van der Waals surface area contributed by atoms with E-state index in [0.717, 1.165) is 12.8 Å². The van der Waals surface area contributed by atoms with Crippen LogP contribution >= 0.6 is 23.2 Å². The molecule has 0 spiro atoms. The number of carbonyl (C=O) groups is 3. The summed E-state index contributed by atoms with van der Waals surface area (Å²) >= 11 is 12.6. The molecular weight excluding hydrogens is 503 g/mol. The molecule has 1 aromatic carbocycles. The Balaban J connectivity index is 1.70. The average molecular weight is 535 g/mol. The van der Waals surface area contributed by atoms with Gasteiger partial charge >= 0.3 is 12.0 Å². The van der Waals surface area contributed by atoms with Gasteiger partial charge in [0.25, 0.3) is 0 Å². The van der Waals surface area contributed by atoms with Crippen LogP contribution in [0, 0.1) is 5.92 Å². The van der Waals surface area contributed by atoms with Crippen molar-refractivity contribution in [2.75, 3.05) is 39.3 Å². The summed E-state index contributed by atoms with van der Waals surface area (Å²) in [5.41, 5.74) is 1.43. The van der Waals surface area contributed by atoms with Gasteiger partial charge in [0.05, 0.1) is 18.2 Å². The highest BCUT2D eigenvalue weighted by molar-refractivity contribution is 6.35. The Labute approximate surface area is 221 Å². The van der Waals surface area contributed by atoms with Gasteiger partial charge in [-0.15, -0.1) is 6.58 Å². The van der Waals surface area contributed by atoms with Crippen LogP contribution in [0.5, 0.6) is 0 Å². The number of hydrogen-bond donors (Lipinski definition) is 1. The second-order valence-electron chi connectivity index (χ2n) is 9.42. The second-order valence-corrected chi connectivity index (χ2v) is 10.3. The number of carbonyl (C=O) groups excluding carboxylic acids is 3. The first-order valence-corrected chi connectivity index (χ1v) is 13.1. The van der Waals surface area contributed by atoms with Crippen molar-refractivity contribution < 1.29 is 19.1 Å². The molecule has 4 rings (SSSR count). The van der Waals surface area contributed by atoms with Crippen LogP contribution in [-0.2, 0) is 14.3 Å². The van der Waals surface area contributed by atoms with Gasteiger partial charge in [0, 0.05) is 60.4 Å². The first-order valence-electron chi connectivity index (χ1n) is 12.3. The van der Waals surface area contributed by atoms with Gasteiger partial charge in [-0.2, -0.15) is 0 Å². The van der Waals surface area contributed by atoms with Crippen LogP contribution in [0.1, 0.15) is 38.3 Å². The third-order valence-electron chi connectivity index (χ3n) is 6.81. The lowest BCUT2D eigenvalue weighted by Gasteiger charge is -2.43. The molecule has 1 saturated carbocycles. The normalized spacial score (nSPS) is 22.9. The summed E-state index contributed by atoms with van der Waals surface area (Å²) in [5, 5.41) is 3.71. The van der Waals surface area contributed by atoms with E-state index in [1.807, 2.05) is 11.8 Å². The molecule has 3 aliphatic rings. The number of benzene rings is 1. The SMILES string of the molecule is C=CCN1C(=O)NC(c2ccc(Cl)cc2Cl)C(C(=O)OCC)=C1CN1CCN(C(=O)C2CC2)C(C)C1. The molecule has 2 aliphatic heterocycles. The van der Waals surface area contributed by atoms with E-state index in [1.165, 1.54) is 4.90 Å². The highest BCUT2D eigenvalue weighted by Gasteiger charge is 2.41. The zero-order chi connectivity index (χ0) is 26.0. The molecule has 3 amide bonds. The molecule has 2 atom stereocenters. The number of hydrogen-bond acceptors (Lipinski definition) is 5. The van der Waals surface area contributed by atoms with Crippen LogP contribution < -0.4 is 5.32 Å². The van der Waals surface area contributed by atoms with Crippen LogP contribution in [0.4, 0.5) is 4.79 Å². The van der Waals surface area contributed by atoms with Gasteiger partial charge in [-0.25, -0.2) is 9.59 Å². The number of esters is 1. The Morgan fingerprint density at radius 2 is 2.00 bits per heavy atom. The van der Waals surface area contributed by atoms with E-state index in [9.17, 15) is 14.4 Å². The third kappa shape index (κ3) is 5.56. The predicted molar refractivity (Wildman–Crippen MR) is 139 cm³/mol. The van der Waals surface area contributed by atoms with Crippen LogP contribution in [0.25, 0.3) is 0 Å². The summed E-state index contributed by atoms with van der Waals surface area (Å²) in [6.45, 7) is 10.2. The maximum Gasteiger partial charge on any atom is 0.338 e. The van der Waals surface area contributed by atoms with Gasteiger partial charge < -0.3 is 15.0 Å². The van der Waals surface area contributed by atoms with Gasteiger partial charge in [-0.3, -0.25) is 14.6 Å². The molecule has 2 unspecified atom stereocenters. The summed E-state index contributed by atoms with van der Waals surface area (Å²) in [7, 11) is 0. The number of piperazine rings is 1. The summed E-state index contributed by atoms with van der Waals surface area (Å²) in [6, 6.07) is 3.84. The van der Waals surface area contributed by atoms with Crippen molar-refractivity contribution in [2.45, 2.75) is 38.8 Å². The van der Waals surface area contributed by atoms with E-state index >= 15 is 0 Å². The lowest BCUT2D eigenvalue weighted by molar-refractivity contribution is -0.139. The standard InChI is InChI=1S/C26H32Cl2N4O4/c1-4-10-32-21(15-30-11-12-31(16(3)14-30)24(33)17-6-7-17)22(25(34)36-5-2)23(29-26(32)35)19-9-8-18(27)13-20(19)28/h4,8-9,13,16-17,23H,1,5-7,10-12,14-15H2,2-3H3,(H,29,35). The third-order valence-corrected chi connectivity index (χ3v) is 7.38. The number of nitrogens with zero attached hydrogens (tertiary/aromatic N) is 3. The Hall–Kier alpha value is -2.55. The van der Waals surface area contributed by atoms with Gasteiger partial charge in [-0.05, 0) is 44.4 Å². The maximum atomic E-state index is 13.3. The smallest absolute Gasteiger partial charge is 0.338 e. The number of urea groups is 1. The fourth-order valence-corrected chi connectivity index (χ4v) is 5.41. The number of amides is 3. The molecule has 0 aromatic heterocycles. The van der Waals surface area contributed by atoms with Crippen molar-refractivity contribution in [2.24, 2.45) is 5.92 Å². The van der Waals surface area contributed by atoms with Crippen molar-refractivity contribution in [3.63, 3.8) is 0 Å². The number of rotatable bonds is 8. The number of ether oxygens (including phenoxy) is 1. The molecule has 1 aliphatic carbocycles. The van der Waals surface area contributed by atoms with E-state index in [1.54, 1.807) is 31.2 Å². The fraction of sp³-hybridized carbons (Fsp3) is 0.500. The first kappa shape index (κ1) is 26.5. The molecule has 1 N–H and O–H groups in total. The monoisotopic (exact) mass is 534 g/mol. The van der Waals surface area contributed by atoms with E-state index < -0.39 is 12.0 Å². The first-order chi connectivity index (χ1) is 17.2. The minimum atomic E-state index is -0.799. The van der Waals surface area contributed by atoms with Gasteiger partial charge in [0.2, 0.25) is 5.91 Å². The predicted octanol–water partition coefficient (Wildman–Crippen LogP) is 4.01. The Kier molecular flexibility index (Phi) is 8.27. The molecule has 8 nitrogen and oxygen atoms in total. The van der Waals surface area contributed by atoms with Crippen LogP contribution in [0.15, 0.2) is 42.1 Å². The van der Waals surface area contributed by atoms with Crippen molar-refractivity contribution in [1.82, 2.24) is 20.0 Å². The van der Waals surface area contributed by atoms with Crippen molar-refractivity contribution >= 4 is 41.1 Å². The zero-order valence-corrected chi connectivity index (χ0v) is 22.1. The molecule has 0 radical (unpaired) electrons. The maximum absolute atomic E-state index is 13.3. The molecule has 10 heteroatoms. The quantitative estimate of drug-likeness (QED) is 0.402. The summed E-state index contributed by atoms with van der Waals surface area (Å²) in [6.07, 6.45) is 3.57. The van der Waals surface area contributed by atoms with Crippen LogP contribution in [0.3, 0.4) is 0 Å². The zero-order valence-electron chi connectivity index (χ0n) is 20.6.